The van der Waals surface area contributed by atoms with Crippen molar-refractivity contribution in [2.45, 2.75) is 20.3 Å². The lowest BCUT2D eigenvalue weighted by Crippen LogP contribution is -2.34. The first kappa shape index (κ1) is 16.1. The topological polar surface area (TPSA) is 75.3 Å². The molecule has 1 aromatic rings. The van der Waals surface area contributed by atoms with Crippen LogP contribution in [0.1, 0.15) is 18.9 Å². The van der Waals surface area contributed by atoms with Gasteiger partial charge < -0.3 is 5.32 Å². The molecule has 0 saturated heterocycles. The minimum Gasteiger partial charge on any atom is -0.325 e. The second-order valence-corrected chi connectivity index (χ2v) is 6.93. The number of sulfonamides is 1. The summed E-state index contributed by atoms with van der Waals surface area (Å²) in [6.45, 7) is 3.42. The molecule has 1 aromatic carbocycles. The molecule has 2 N–H and O–H groups in total. The number of anilines is 1. The van der Waals surface area contributed by atoms with Crippen LogP contribution in [-0.4, -0.2) is 26.6 Å². The molecule has 0 aromatic heterocycles. The van der Waals surface area contributed by atoms with Crippen LogP contribution in [0.2, 0.25) is 0 Å². The summed E-state index contributed by atoms with van der Waals surface area (Å²) in [6.07, 6.45) is 0.517. The number of rotatable bonds is 6. The quantitative estimate of drug-likeness (QED) is 0.825. The highest BCUT2D eigenvalue weighted by Gasteiger charge is 2.11. The van der Waals surface area contributed by atoms with Gasteiger partial charge in [0.15, 0.2) is 0 Å². The summed E-state index contributed by atoms with van der Waals surface area (Å²) in [4.78, 5) is 11.6. The maximum atomic E-state index is 11.6. The molecule has 1 amide bonds. The maximum absolute atomic E-state index is 11.6. The van der Waals surface area contributed by atoms with Gasteiger partial charge in [0.25, 0.3) is 0 Å². The molecule has 106 valence electrons. The largest absolute Gasteiger partial charge is 0.325 e. The predicted molar refractivity (Wildman–Crippen MR) is 79.6 cm³/mol. The fraction of sp³-hybridized carbons (Fsp3) is 0.417. The van der Waals surface area contributed by atoms with Crippen LogP contribution in [0.3, 0.4) is 0 Å². The minimum absolute atomic E-state index is 0.0255. The molecule has 7 heteroatoms. The normalized spacial score (nSPS) is 11.3. The molecule has 0 atom stereocenters. The number of hydrogen-bond donors (Lipinski definition) is 2. The monoisotopic (exact) mass is 348 g/mol. The number of hydrogen-bond acceptors (Lipinski definition) is 3. The molecule has 0 aliphatic heterocycles. The van der Waals surface area contributed by atoms with Crippen LogP contribution >= 0.6 is 15.9 Å². The zero-order valence-electron chi connectivity index (χ0n) is 10.9. The second-order valence-electron chi connectivity index (χ2n) is 4.15. The lowest BCUT2D eigenvalue weighted by Gasteiger charge is -2.08. The van der Waals surface area contributed by atoms with Crippen molar-refractivity contribution in [1.29, 1.82) is 0 Å². The van der Waals surface area contributed by atoms with E-state index in [1.54, 1.807) is 13.0 Å². The van der Waals surface area contributed by atoms with E-state index < -0.39 is 10.0 Å². The van der Waals surface area contributed by atoms with Crippen molar-refractivity contribution in [3.63, 3.8) is 0 Å². The van der Waals surface area contributed by atoms with Crippen molar-refractivity contribution in [1.82, 2.24) is 4.72 Å². The molecule has 0 aliphatic carbocycles. The van der Waals surface area contributed by atoms with Gasteiger partial charge in [-0.25, -0.2) is 13.1 Å². The minimum atomic E-state index is -3.35. The maximum Gasteiger partial charge on any atom is 0.239 e. The third kappa shape index (κ3) is 5.71. The molecule has 5 nitrogen and oxygen atoms in total. The number of halogens is 1. The highest BCUT2D eigenvalue weighted by Crippen LogP contribution is 2.19. The first-order valence-corrected chi connectivity index (χ1v) is 8.32. The summed E-state index contributed by atoms with van der Waals surface area (Å²) in [5.41, 5.74) is 1.63. The van der Waals surface area contributed by atoms with E-state index in [2.05, 4.69) is 26.0 Å². The van der Waals surface area contributed by atoms with Gasteiger partial charge in [0.05, 0.1) is 12.3 Å². The number of amides is 1. The number of aryl methyl sites for hydroxylation is 1. The highest BCUT2D eigenvalue weighted by molar-refractivity contribution is 9.10. The van der Waals surface area contributed by atoms with Gasteiger partial charge in [-0.05, 0) is 37.1 Å². The van der Waals surface area contributed by atoms with E-state index in [9.17, 15) is 13.2 Å². The molecule has 0 fully saturated rings. The van der Waals surface area contributed by atoms with E-state index in [1.165, 1.54) is 0 Å². The van der Waals surface area contributed by atoms with E-state index in [0.29, 0.717) is 12.1 Å². The van der Waals surface area contributed by atoms with Crippen LogP contribution in [-0.2, 0) is 14.8 Å². The van der Waals surface area contributed by atoms with Crippen molar-refractivity contribution < 1.29 is 13.2 Å². The van der Waals surface area contributed by atoms with E-state index in [0.717, 1.165) is 10.0 Å². The van der Waals surface area contributed by atoms with Gasteiger partial charge in [-0.15, -0.1) is 0 Å². The van der Waals surface area contributed by atoms with Crippen LogP contribution < -0.4 is 10.0 Å². The Morgan fingerprint density at radius 3 is 2.63 bits per heavy atom. The molecular formula is C12H17BrN2O3S. The van der Waals surface area contributed by atoms with Crippen LogP contribution in [0, 0.1) is 6.92 Å². The van der Waals surface area contributed by atoms with Crippen molar-refractivity contribution >= 4 is 37.5 Å². The number of carbonyl (C=O) groups is 1. The summed E-state index contributed by atoms with van der Waals surface area (Å²) in [5.74, 6) is -0.362. The fourth-order valence-corrected chi connectivity index (χ4v) is 2.72. The number of nitrogens with one attached hydrogen (secondary N) is 2. The van der Waals surface area contributed by atoms with E-state index in [1.807, 2.05) is 19.1 Å². The van der Waals surface area contributed by atoms with E-state index >= 15 is 0 Å². The van der Waals surface area contributed by atoms with Crippen molar-refractivity contribution in [2.24, 2.45) is 0 Å². The number of carbonyl (C=O) groups excluding carboxylic acids is 1. The van der Waals surface area contributed by atoms with E-state index in [4.69, 9.17) is 0 Å². The molecule has 0 bridgehead atoms. The standard InChI is InChI=1S/C12H17BrN2O3S/c1-3-6-19(17,18)14-8-12(16)15-10-4-5-11(13)9(2)7-10/h4-5,7,14H,3,6,8H2,1-2H3,(H,15,16). The third-order valence-corrected chi connectivity index (χ3v) is 4.79. The Morgan fingerprint density at radius 1 is 1.37 bits per heavy atom. The van der Waals surface area contributed by atoms with Gasteiger partial charge in [0.1, 0.15) is 0 Å². The zero-order valence-corrected chi connectivity index (χ0v) is 13.3. The van der Waals surface area contributed by atoms with Crippen molar-refractivity contribution in [3.05, 3.63) is 28.2 Å². The lowest BCUT2D eigenvalue weighted by atomic mass is 10.2. The SMILES string of the molecule is CCCS(=O)(=O)NCC(=O)Nc1ccc(Br)c(C)c1. The molecule has 0 saturated carbocycles. The first-order valence-electron chi connectivity index (χ1n) is 5.87. The third-order valence-electron chi connectivity index (χ3n) is 2.37. The Bertz CT molecular complexity index is 558. The Labute approximate surface area is 122 Å². The average molecular weight is 349 g/mol. The van der Waals surface area contributed by atoms with Gasteiger partial charge in [-0.3, -0.25) is 4.79 Å². The summed E-state index contributed by atoms with van der Waals surface area (Å²) in [5, 5.41) is 2.64. The van der Waals surface area contributed by atoms with Crippen LogP contribution in [0.4, 0.5) is 5.69 Å². The van der Waals surface area contributed by atoms with Crippen LogP contribution in [0.15, 0.2) is 22.7 Å². The van der Waals surface area contributed by atoms with Gasteiger partial charge in [-0.1, -0.05) is 22.9 Å². The highest BCUT2D eigenvalue weighted by atomic mass is 79.9. The molecule has 19 heavy (non-hydrogen) atoms. The van der Waals surface area contributed by atoms with Crippen molar-refractivity contribution in [2.75, 3.05) is 17.6 Å². The second kappa shape index (κ2) is 7.02. The Hall–Kier alpha value is -0.920. The van der Waals surface area contributed by atoms with Gasteiger partial charge in [-0.2, -0.15) is 0 Å². The lowest BCUT2D eigenvalue weighted by molar-refractivity contribution is -0.115. The zero-order chi connectivity index (χ0) is 14.5. The van der Waals surface area contributed by atoms with Gasteiger partial charge in [0.2, 0.25) is 15.9 Å². The molecule has 0 heterocycles. The predicted octanol–water partition coefficient (Wildman–Crippen LogP) is 2.03. The first-order chi connectivity index (χ1) is 8.84. The van der Waals surface area contributed by atoms with Crippen LogP contribution in [0.25, 0.3) is 0 Å². The molecule has 0 aliphatic rings. The Balaban J connectivity index is 2.54. The molecule has 0 radical (unpaired) electrons. The summed E-state index contributed by atoms with van der Waals surface area (Å²) < 4.78 is 26.0. The average Bonchev–Trinajstić information content (AvgIpc) is 2.32. The number of benzene rings is 1. The molecule has 0 spiro atoms. The van der Waals surface area contributed by atoms with Crippen LogP contribution in [0.5, 0.6) is 0 Å². The van der Waals surface area contributed by atoms with Crippen molar-refractivity contribution in [3.8, 4) is 0 Å². The smallest absolute Gasteiger partial charge is 0.239 e. The molecular weight excluding hydrogens is 332 g/mol. The van der Waals surface area contributed by atoms with E-state index in [-0.39, 0.29) is 18.2 Å². The Kier molecular flexibility index (Phi) is 5.96. The fourth-order valence-electron chi connectivity index (χ4n) is 1.44. The summed E-state index contributed by atoms with van der Waals surface area (Å²) in [7, 11) is -3.35. The van der Waals surface area contributed by atoms with Gasteiger partial charge in [0, 0.05) is 10.2 Å². The Morgan fingerprint density at radius 2 is 2.05 bits per heavy atom. The summed E-state index contributed by atoms with van der Waals surface area (Å²) in [6, 6.07) is 5.38. The molecule has 0 unspecified atom stereocenters. The van der Waals surface area contributed by atoms with Gasteiger partial charge >= 0.3 is 0 Å². The molecule has 1 rings (SSSR count). The summed E-state index contributed by atoms with van der Waals surface area (Å²) >= 11 is 3.37.